The van der Waals surface area contributed by atoms with E-state index in [0.29, 0.717) is 30.2 Å². The van der Waals surface area contributed by atoms with E-state index in [0.717, 1.165) is 17.7 Å². The maximum Gasteiger partial charge on any atom is 0.243 e. The van der Waals surface area contributed by atoms with Gasteiger partial charge in [-0.1, -0.05) is 25.6 Å². The van der Waals surface area contributed by atoms with Gasteiger partial charge in [0.2, 0.25) is 11.8 Å². The largest absolute Gasteiger partial charge is 0.487 e. The van der Waals surface area contributed by atoms with Crippen LogP contribution < -0.4 is 20.7 Å². The zero-order valence-corrected chi connectivity index (χ0v) is 16.4. The van der Waals surface area contributed by atoms with E-state index in [4.69, 9.17) is 4.74 Å². The SMILES string of the molecule is C=C(C)COc1ccccc1NCC(=O)Nc1ccc(NC(=O)CCC)cc1. The van der Waals surface area contributed by atoms with Gasteiger partial charge in [0.25, 0.3) is 0 Å². The van der Waals surface area contributed by atoms with Gasteiger partial charge >= 0.3 is 0 Å². The van der Waals surface area contributed by atoms with E-state index >= 15 is 0 Å². The minimum Gasteiger partial charge on any atom is -0.487 e. The highest BCUT2D eigenvalue weighted by Crippen LogP contribution is 2.24. The van der Waals surface area contributed by atoms with Crippen LogP contribution in [0.3, 0.4) is 0 Å². The fourth-order valence-electron chi connectivity index (χ4n) is 2.41. The van der Waals surface area contributed by atoms with Gasteiger partial charge in [-0.3, -0.25) is 9.59 Å². The molecule has 0 saturated carbocycles. The van der Waals surface area contributed by atoms with Crippen molar-refractivity contribution < 1.29 is 14.3 Å². The van der Waals surface area contributed by atoms with Gasteiger partial charge in [-0.2, -0.15) is 0 Å². The number of ether oxygens (including phenoxy) is 1. The first kappa shape index (κ1) is 21.0. The first-order valence-electron chi connectivity index (χ1n) is 9.27. The summed E-state index contributed by atoms with van der Waals surface area (Å²) in [5.74, 6) is 0.471. The Kier molecular flexibility index (Phi) is 8.09. The smallest absolute Gasteiger partial charge is 0.243 e. The van der Waals surface area contributed by atoms with E-state index in [9.17, 15) is 9.59 Å². The van der Waals surface area contributed by atoms with Crippen LogP contribution in [0.15, 0.2) is 60.7 Å². The molecule has 0 saturated heterocycles. The summed E-state index contributed by atoms with van der Waals surface area (Å²) in [6.07, 6.45) is 1.29. The van der Waals surface area contributed by atoms with E-state index in [1.165, 1.54) is 0 Å². The number of hydrogen-bond donors (Lipinski definition) is 3. The van der Waals surface area contributed by atoms with Crippen molar-refractivity contribution in [3.05, 3.63) is 60.7 Å². The standard InChI is InChI=1S/C22H27N3O3/c1-4-7-21(26)24-17-10-12-18(13-11-17)25-22(27)14-23-19-8-5-6-9-20(19)28-15-16(2)3/h5-6,8-13,23H,2,4,7,14-15H2,1,3H3,(H,24,26)(H,25,27). The number of nitrogens with one attached hydrogen (secondary N) is 3. The molecule has 6 heteroatoms. The molecule has 0 aliphatic heterocycles. The number of carbonyl (C=O) groups is 2. The third-order valence-electron chi connectivity index (χ3n) is 3.73. The van der Waals surface area contributed by atoms with Crippen molar-refractivity contribution in [1.29, 1.82) is 0 Å². The van der Waals surface area contributed by atoms with Crippen LogP contribution in [0.4, 0.5) is 17.1 Å². The van der Waals surface area contributed by atoms with Gasteiger partial charge < -0.3 is 20.7 Å². The maximum atomic E-state index is 12.2. The van der Waals surface area contributed by atoms with Crippen LogP contribution in [0.1, 0.15) is 26.7 Å². The summed E-state index contributed by atoms with van der Waals surface area (Å²) in [7, 11) is 0. The number of benzene rings is 2. The second-order valence-corrected chi connectivity index (χ2v) is 6.52. The summed E-state index contributed by atoms with van der Waals surface area (Å²) in [5.41, 5.74) is 3.03. The van der Waals surface area contributed by atoms with Gasteiger partial charge in [-0.15, -0.1) is 0 Å². The lowest BCUT2D eigenvalue weighted by Gasteiger charge is -2.13. The molecule has 0 radical (unpaired) electrons. The third kappa shape index (κ3) is 7.15. The number of anilines is 3. The molecule has 0 heterocycles. The van der Waals surface area contributed by atoms with Crippen LogP contribution in [0.2, 0.25) is 0 Å². The van der Waals surface area contributed by atoms with Crippen LogP contribution >= 0.6 is 0 Å². The van der Waals surface area contributed by atoms with Crippen LogP contribution in [0.25, 0.3) is 0 Å². The van der Waals surface area contributed by atoms with Gasteiger partial charge in [0.1, 0.15) is 12.4 Å². The van der Waals surface area contributed by atoms with Gasteiger partial charge in [-0.05, 0) is 55.3 Å². The molecule has 0 aliphatic carbocycles. The summed E-state index contributed by atoms with van der Waals surface area (Å²) in [6, 6.07) is 14.5. The Morgan fingerprint density at radius 3 is 2.18 bits per heavy atom. The minimum absolute atomic E-state index is 0.0176. The molecule has 6 nitrogen and oxygen atoms in total. The zero-order valence-electron chi connectivity index (χ0n) is 16.4. The molecule has 2 aromatic carbocycles. The summed E-state index contributed by atoms with van der Waals surface area (Å²) < 4.78 is 5.68. The first-order chi connectivity index (χ1) is 13.5. The Morgan fingerprint density at radius 1 is 0.964 bits per heavy atom. The van der Waals surface area contributed by atoms with Crippen LogP contribution in [0, 0.1) is 0 Å². The molecule has 0 spiro atoms. The lowest BCUT2D eigenvalue weighted by Crippen LogP contribution is -2.22. The van der Waals surface area contributed by atoms with Crippen molar-refractivity contribution in [2.75, 3.05) is 29.1 Å². The number of para-hydroxylation sites is 2. The number of amides is 2. The molecule has 2 amide bonds. The average Bonchev–Trinajstić information content (AvgIpc) is 2.67. The fraction of sp³-hybridized carbons (Fsp3) is 0.273. The summed E-state index contributed by atoms with van der Waals surface area (Å²) >= 11 is 0. The average molecular weight is 381 g/mol. The molecule has 2 rings (SSSR count). The molecule has 0 aliphatic rings. The van der Waals surface area contributed by atoms with Crippen molar-refractivity contribution in [1.82, 2.24) is 0 Å². The highest BCUT2D eigenvalue weighted by atomic mass is 16.5. The number of carbonyl (C=O) groups excluding carboxylic acids is 2. The highest BCUT2D eigenvalue weighted by Gasteiger charge is 2.07. The Morgan fingerprint density at radius 2 is 1.57 bits per heavy atom. The molecular weight excluding hydrogens is 354 g/mol. The predicted octanol–water partition coefficient (Wildman–Crippen LogP) is 4.43. The molecule has 28 heavy (non-hydrogen) atoms. The van der Waals surface area contributed by atoms with Gasteiger partial charge in [0, 0.05) is 17.8 Å². The topological polar surface area (TPSA) is 79.5 Å². The molecule has 148 valence electrons. The predicted molar refractivity (Wildman–Crippen MR) is 114 cm³/mol. The molecule has 3 N–H and O–H groups in total. The van der Waals surface area contributed by atoms with Gasteiger partial charge in [0.15, 0.2) is 0 Å². The fourth-order valence-corrected chi connectivity index (χ4v) is 2.41. The van der Waals surface area contributed by atoms with Crippen molar-refractivity contribution in [2.24, 2.45) is 0 Å². The van der Waals surface area contributed by atoms with Crippen molar-refractivity contribution >= 4 is 28.9 Å². The minimum atomic E-state index is -0.183. The van der Waals surface area contributed by atoms with Crippen LogP contribution in [-0.2, 0) is 9.59 Å². The summed E-state index contributed by atoms with van der Waals surface area (Å²) in [6.45, 7) is 8.19. The monoisotopic (exact) mass is 381 g/mol. The van der Waals surface area contributed by atoms with E-state index in [1.54, 1.807) is 24.3 Å². The lowest BCUT2D eigenvalue weighted by molar-refractivity contribution is -0.116. The molecule has 0 bridgehead atoms. The lowest BCUT2D eigenvalue weighted by atomic mass is 10.2. The van der Waals surface area contributed by atoms with Crippen molar-refractivity contribution in [3.8, 4) is 5.75 Å². The Hall–Kier alpha value is -3.28. The van der Waals surface area contributed by atoms with Crippen molar-refractivity contribution in [3.63, 3.8) is 0 Å². The molecule has 0 atom stereocenters. The molecule has 0 aromatic heterocycles. The van der Waals surface area contributed by atoms with Crippen LogP contribution in [0.5, 0.6) is 5.75 Å². The highest BCUT2D eigenvalue weighted by molar-refractivity contribution is 5.95. The van der Waals surface area contributed by atoms with E-state index in [2.05, 4.69) is 22.5 Å². The molecule has 0 fully saturated rings. The normalized spacial score (nSPS) is 10.1. The second kappa shape index (κ2) is 10.8. The van der Waals surface area contributed by atoms with Crippen molar-refractivity contribution in [2.45, 2.75) is 26.7 Å². The van der Waals surface area contributed by atoms with E-state index in [1.807, 2.05) is 38.1 Å². The first-order valence-corrected chi connectivity index (χ1v) is 9.27. The quantitative estimate of drug-likeness (QED) is 0.532. The molecule has 0 unspecified atom stereocenters. The zero-order chi connectivity index (χ0) is 20.4. The Balaban J connectivity index is 1.86. The summed E-state index contributed by atoms with van der Waals surface area (Å²) in [4.78, 5) is 23.8. The Labute approximate surface area is 166 Å². The Bertz CT molecular complexity index is 816. The number of rotatable bonds is 10. The van der Waals surface area contributed by atoms with Gasteiger partial charge in [0.05, 0.1) is 12.2 Å². The van der Waals surface area contributed by atoms with Gasteiger partial charge in [-0.25, -0.2) is 0 Å². The molecule has 2 aromatic rings. The van der Waals surface area contributed by atoms with Crippen LogP contribution in [-0.4, -0.2) is 25.0 Å². The molecular formula is C22H27N3O3. The number of hydrogen-bond acceptors (Lipinski definition) is 4. The second-order valence-electron chi connectivity index (χ2n) is 6.52. The van der Waals surface area contributed by atoms with E-state index in [-0.39, 0.29) is 18.4 Å². The summed E-state index contributed by atoms with van der Waals surface area (Å²) in [5, 5.41) is 8.72. The maximum absolute atomic E-state index is 12.2. The third-order valence-corrected chi connectivity index (χ3v) is 3.73. The van der Waals surface area contributed by atoms with E-state index < -0.39 is 0 Å².